The summed E-state index contributed by atoms with van der Waals surface area (Å²) in [6.07, 6.45) is 4.92. The van der Waals surface area contributed by atoms with E-state index in [0.717, 1.165) is 17.2 Å². The van der Waals surface area contributed by atoms with Crippen LogP contribution in [0.5, 0.6) is 0 Å². The van der Waals surface area contributed by atoms with Crippen molar-refractivity contribution in [2.45, 2.75) is 45.6 Å². The minimum absolute atomic E-state index is 0.0671. The number of anilines is 3. The number of nitrogens with zero attached hydrogens (tertiary/aromatic N) is 2. The molecule has 120 valence electrons. The first-order valence-electron chi connectivity index (χ1n) is 8.10. The first-order chi connectivity index (χ1) is 11.1. The number of hydrogen-bond donors (Lipinski definition) is 2. The molecule has 0 aliphatic heterocycles. The molecule has 2 aromatic rings. The van der Waals surface area contributed by atoms with Gasteiger partial charge in [0.05, 0.1) is 0 Å². The summed E-state index contributed by atoms with van der Waals surface area (Å²) in [6, 6.07) is 9.81. The lowest BCUT2D eigenvalue weighted by Crippen LogP contribution is -2.17. The van der Waals surface area contributed by atoms with Gasteiger partial charge in [-0.1, -0.05) is 12.8 Å². The van der Waals surface area contributed by atoms with E-state index in [4.69, 9.17) is 0 Å². The summed E-state index contributed by atoms with van der Waals surface area (Å²) >= 11 is 0. The van der Waals surface area contributed by atoms with E-state index in [1.54, 1.807) is 6.92 Å². The molecule has 1 aliphatic carbocycles. The highest BCUT2D eigenvalue weighted by molar-refractivity contribution is 5.94. The quantitative estimate of drug-likeness (QED) is 0.814. The van der Waals surface area contributed by atoms with Crippen LogP contribution in [0, 0.1) is 6.92 Å². The van der Waals surface area contributed by atoms with Crippen molar-refractivity contribution in [3.8, 4) is 0 Å². The van der Waals surface area contributed by atoms with E-state index in [0.29, 0.717) is 17.6 Å². The van der Waals surface area contributed by atoms with Crippen LogP contribution in [0.1, 0.15) is 48.7 Å². The van der Waals surface area contributed by atoms with Crippen LogP contribution in [0.4, 0.5) is 17.5 Å². The van der Waals surface area contributed by atoms with Crippen molar-refractivity contribution in [3.05, 3.63) is 41.6 Å². The van der Waals surface area contributed by atoms with E-state index in [1.165, 1.54) is 25.7 Å². The van der Waals surface area contributed by atoms with Crippen LogP contribution in [0.25, 0.3) is 0 Å². The SMILES string of the molecule is CC(=O)c1ccc(Nc2cc(C)nc(NC3CCCC3)n2)cc1. The van der Waals surface area contributed by atoms with Gasteiger partial charge in [0.25, 0.3) is 0 Å². The molecule has 1 fully saturated rings. The van der Waals surface area contributed by atoms with Gasteiger partial charge in [0, 0.05) is 29.1 Å². The minimum Gasteiger partial charge on any atom is -0.351 e. The standard InChI is InChI=1S/C18H22N4O/c1-12-11-17(20-16-9-7-14(8-10-16)13(2)23)22-18(19-12)21-15-5-3-4-6-15/h7-11,15H,3-6H2,1-2H3,(H2,19,20,21,22). The molecule has 0 unspecified atom stereocenters. The summed E-state index contributed by atoms with van der Waals surface area (Å²) in [6.45, 7) is 3.53. The Morgan fingerprint density at radius 1 is 1.13 bits per heavy atom. The summed E-state index contributed by atoms with van der Waals surface area (Å²) in [5.74, 6) is 1.51. The van der Waals surface area contributed by atoms with E-state index in [1.807, 2.05) is 37.3 Å². The molecule has 2 N–H and O–H groups in total. The molecule has 1 aromatic carbocycles. The predicted octanol–water partition coefficient (Wildman–Crippen LogP) is 4.09. The minimum atomic E-state index is 0.0671. The number of rotatable bonds is 5. The number of benzene rings is 1. The van der Waals surface area contributed by atoms with Gasteiger partial charge in [-0.2, -0.15) is 4.98 Å². The first kappa shape index (κ1) is 15.5. The Labute approximate surface area is 136 Å². The molecule has 3 rings (SSSR count). The average molecular weight is 310 g/mol. The van der Waals surface area contributed by atoms with Crippen LogP contribution in [-0.4, -0.2) is 21.8 Å². The highest BCUT2D eigenvalue weighted by atomic mass is 16.1. The van der Waals surface area contributed by atoms with Crippen molar-refractivity contribution in [2.75, 3.05) is 10.6 Å². The number of Topliss-reactive ketones (excluding diaryl/α,β-unsaturated/α-hetero) is 1. The zero-order chi connectivity index (χ0) is 16.2. The van der Waals surface area contributed by atoms with Gasteiger partial charge in [-0.05, 0) is 51.0 Å². The topological polar surface area (TPSA) is 66.9 Å². The molecule has 1 saturated carbocycles. The van der Waals surface area contributed by atoms with Gasteiger partial charge in [0.1, 0.15) is 5.82 Å². The van der Waals surface area contributed by atoms with Gasteiger partial charge in [-0.15, -0.1) is 0 Å². The molecule has 0 saturated heterocycles. The monoisotopic (exact) mass is 310 g/mol. The van der Waals surface area contributed by atoms with Crippen LogP contribution in [0.3, 0.4) is 0 Å². The van der Waals surface area contributed by atoms with Gasteiger partial charge in [-0.25, -0.2) is 4.98 Å². The fraction of sp³-hybridized carbons (Fsp3) is 0.389. The Morgan fingerprint density at radius 2 is 1.83 bits per heavy atom. The van der Waals surface area contributed by atoms with Gasteiger partial charge in [0.2, 0.25) is 5.95 Å². The molecule has 1 heterocycles. The lowest BCUT2D eigenvalue weighted by Gasteiger charge is -2.14. The van der Waals surface area contributed by atoms with Crippen LogP contribution in [-0.2, 0) is 0 Å². The summed E-state index contributed by atoms with van der Waals surface area (Å²) in [5.41, 5.74) is 2.53. The maximum Gasteiger partial charge on any atom is 0.225 e. The van der Waals surface area contributed by atoms with Crippen molar-refractivity contribution in [1.82, 2.24) is 9.97 Å². The van der Waals surface area contributed by atoms with E-state index in [-0.39, 0.29) is 5.78 Å². The largest absolute Gasteiger partial charge is 0.351 e. The Morgan fingerprint density at radius 3 is 2.48 bits per heavy atom. The van der Waals surface area contributed by atoms with E-state index >= 15 is 0 Å². The maximum absolute atomic E-state index is 11.3. The molecular weight excluding hydrogens is 288 g/mol. The summed E-state index contributed by atoms with van der Waals surface area (Å²) < 4.78 is 0. The average Bonchev–Trinajstić information content (AvgIpc) is 3.00. The Kier molecular flexibility index (Phi) is 4.55. The Balaban J connectivity index is 1.73. The third-order valence-electron chi connectivity index (χ3n) is 4.11. The fourth-order valence-electron chi connectivity index (χ4n) is 2.89. The van der Waals surface area contributed by atoms with Crippen molar-refractivity contribution < 1.29 is 4.79 Å². The number of aromatic nitrogens is 2. The molecule has 0 atom stereocenters. The number of nitrogens with one attached hydrogen (secondary N) is 2. The molecule has 5 nitrogen and oxygen atoms in total. The molecule has 5 heteroatoms. The van der Waals surface area contributed by atoms with Crippen molar-refractivity contribution in [3.63, 3.8) is 0 Å². The second-order valence-electron chi connectivity index (χ2n) is 6.10. The summed E-state index contributed by atoms with van der Waals surface area (Å²) in [5, 5.41) is 6.70. The van der Waals surface area contributed by atoms with Crippen LogP contribution >= 0.6 is 0 Å². The molecule has 0 bridgehead atoms. The van der Waals surface area contributed by atoms with Gasteiger partial charge < -0.3 is 10.6 Å². The van der Waals surface area contributed by atoms with Gasteiger partial charge in [-0.3, -0.25) is 4.79 Å². The van der Waals surface area contributed by atoms with E-state index in [2.05, 4.69) is 20.6 Å². The molecule has 0 radical (unpaired) electrons. The number of ketones is 1. The second-order valence-corrected chi connectivity index (χ2v) is 6.10. The molecular formula is C18H22N4O. The lowest BCUT2D eigenvalue weighted by atomic mass is 10.1. The summed E-state index contributed by atoms with van der Waals surface area (Å²) in [7, 11) is 0. The zero-order valence-electron chi connectivity index (χ0n) is 13.6. The van der Waals surface area contributed by atoms with Crippen molar-refractivity contribution in [2.24, 2.45) is 0 Å². The van der Waals surface area contributed by atoms with Crippen LogP contribution < -0.4 is 10.6 Å². The molecule has 1 aliphatic rings. The van der Waals surface area contributed by atoms with Gasteiger partial charge in [0.15, 0.2) is 5.78 Å². The number of carbonyl (C=O) groups is 1. The zero-order valence-corrected chi connectivity index (χ0v) is 13.6. The number of hydrogen-bond acceptors (Lipinski definition) is 5. The van der Waals surface area contributed by atoms with Crippen molar-refractivity contribution in [1.29, 1.82) is 0 Å². The normalized spacial score (nSPS) is 14.7. The third kappa shape index (κ3) is 4.06. The Bertz CT molecular complexity index is 691. The van der Waals surface area contributed by atoms with Crippen LogP contribution in [0.2, 0.25) is 0 Å². The second kappa shape index (κ2) is 6.77. The maximum atomic E-state index is 11.3. The summed E-state index contributed by atoms with van der Waals surface area (Å²) in [4.78, 5) is 20.3. The highest BCUT2D eigenvalue weighted by Gasteiger charge is 2.16. The van der Waals surface area contributed by atoms with Crippen molar-refractivity contribution >= 4 is 23.2 Å². The Hall–Kier alpha value is -2.43. The van der Waals surface area contributed by atoms with Crippen LogP contribution in [0.15, 0.2) is 30.3 Å². The van der Waals surface area contributed by atoms with E-state index in [9.17, 15) is 4.79 Å². The molecule has 0 spiro atoms. The highest BCUT2D eigenvalue weighted by Crippen LogP contribution is 2.22. The third-order valence-corrected chi connectivity index (χ3v) is 4.11. The smallest absolute Gasteiger partial charge is 0.225 e. The molecule has 1 aromatic heterocycles. The van der Waals surface area contributed by atoms with E-state index < -0.39 is 0 Å². The lowest BCUT2D eigenvalue weighted by molar-refractivity contribution is 0.101. The first-order valence-corrected chi connectivity index (χ1v) is 8.10. The molecule has 23 heavy (non-hydrogen) atoms. The molecule has 0 amide bonds. The predicted molar refractivity (Wildman–Crippen MR) is 92.4 cm³/mol. The number of carbonyl (C=O) groups excluding carboxylic acids is 1. The number of aryl methyl sites for hydroxylation is 1. The fourth-order valence-corrected chi connectivity index (χ4v) is 2.89. The van der Waals surface area contributed by atoms with Gasteiger partial charge >= 0.3 is 0 Å².